The van der Waals surface area contributed by atoms with Crippen molar-refractivity contribution in [2.75, 3.05) is 0 Å². The quantitative estimate of drug-likeness (QED) is 0.0721. The molecule has 9 aromatic rings. The van der Waals surface area contributed by atoms with Gasteiger partial charge in [-0.3, -0.25) is 0 Å². The van der Waals surface area contributed by atoms with Crippen LogP contribution in [0.2, 0.25) is 0 Å². The summed E-state index contributed by atoms with van der Waals surface area (Å²) in [6.07, 6.45) is 0. The molecule has 9 aromatic carbocycles. The van der Waals surface area contributed by atoms with Gasteiger partial charge in [0.05, 0.1) is 0 Å². The Bertz CT molecular complexity index is 2820. The minimum Gasteiger partial charge on any atom is -0.109 e. The summed E-state index contributed by atoms with van der Waals surface area (Å²) in [5, 5.41) is 8.69. The van der Waals surface area contributed by atoms with Crippen LogP contribution in [0.15, 0.2) is 206 Å². The van der Waals surface area contributed by atoms with Crippen LogP contribution in [0.3, 0.4) is 0 Å². The van der Waals surface area contributed by atoms with Gasteiger partial charge in [-0.1, -0.05) is 212 Å². The molecule has 0 aliphatic heterocycles. The first-order chi connectivity index (χ1) is 27.2. The van der Waals surface area contributed by atoms with Gasteiger partial charge in [0, 0.05) is 11.5 Å². The van der Waals surface area contributed by atoms with Crippen LogP contribution in [-0.4, -0.2) is 8.07 Å². The predicted octanol–water partition coefficient (Wildman–Crippen LogP) is 11.2. The van der Waals surface area contributed by atoms with Crippen molar-refractivity contribution in [3.8, 4) is 33.7 Å². The van der Waals surface area contributed by atoms with Crippen LogP contribution < -0.4 is 15.6 Å². The highest BCUT2D eigenvalue weighted by Gasteiger charge is 2.38. The fourth-order valence-electron chi connectivity index (χ4n) is 9.04. The van der Waals surface area contributed by atoms with Gasteiger partial charge < -0.3 is 0 Å². The number of rotatable bonds is 5. The molecule has 10 rings (SSSR count). The van der Waals surface area contributed by atoms with Crippen LogP contribution in [0, 0.1) is 18.4 Å². The average molecular weight is 715 g/mol. The second kappa shape index (κ2) is 13.6. The zero-order valence-electron chi connectivity index (χ0n) is 30.7. The molecule has 0 nitrogen and oxygen atoms in total. The lowest BCUT2D eigenvalue weighted by Gasteiger charge is -2.28. The molecule has 0 heterocycles. The second-order valence-corrected chi connectivity index (χ2v) is 18.2. The van der Waals surface area contributed by atoms with E-state index in [1.807, 2.05) is 0 Å². The molecule has 0 fully saturated rings. The molecule has 1 aliphatic rings. The number of benzene rings is 9. The largest absolute Gasteiger partial charge is 0.230 e. The maximum absolute atomic E-state index is 4.11. The van der Waals surface area contributed by atoms with E-state index in [2.05, 4.69) is 225 Å². The van der Waals surface area contributed by atoms with Gasteiger partial charge in [-0.05, 0) is 89.0 Å². The van der Waals surface area contributed by atoms with Gasteiger partial charge in [-0.25, -0.2) is 0 Å². The second-order valence-electron chi connectivity index (χ2n) is 14.7. The van der Waals surface area contributed by atoms with Gasteiger partial charge in [0.15, 0.2) is 0 Å². The van der Waals surface area contributed by atoms with E-state index < -0.39 is 8.07 Å². The fraction of sp³-hybridized carbons (Fsp3) is 0.0370. The highest BCUT2D eigenvalue weighted by Crippen LogP contribution is 2.50. The summed E-state index contributed by atoms with van der Waals surface area (Å²) in [5.74, 6) is 4.18. The number of fused-ring (bicyclic) bond motifs is 5. The lowest BCUT2D eigenvalue weighted by Crippen LogP contribution is -2.66. The summed E-state index contributed by atoms with van der Waals surface area (Å²) in [6.45, 7) is 2.20. The van der Waals surface area contributed by atoms with E-state index in [-0.39, 0.29) is 5.92 Å². The van der Waals surface area contributed by atoms with Crippen molar-refractivity contribution in [2.45, 2.75) is 12.8 Å². The van der Waals surface area contributed by atoms with Crippen molar-refractivity contribution < 1.29 is 0 Å². The van der Waals surface area contributed by atoms with Crippen molar-refractivity contribution in [2.24, 2.45) is 0 Å². The van der Waals surface area contributed by atoms with Gasteiger partial charge in [-0.15, -0.1) is 5.54 Å². The molecule has 1 aliphatic carbocycles. The first-order valence-corrected chi connectivity index (χ1v) is 21.1. The highest BCUT2D eigenvalue weighted by atomic mass is 28.3. The van der Waals surface area contributed by atoms with Crippen LogP contribution in [0.4, 0.5) is 0 Å². The third kappa shape index (κ3) is 5.46. The zero-order chi connectivity index (χ0) is 36.8. The Morgan fingerprint density at radius 2 is 0.945 bits per heavy atom. The standard InChI is InChI=1S/C54H38Si/c1-38-30-32-46-47(34-35-55(41-20-8-3-9-21-41,42-22-10-4-11-23-42)43-24-12-5-13-25-43)44-26-14-16-28-48(44)54(52(46)36-38)40-31-33-50-51(37-40)45-27-15-17-29-49(45)53(50)39-18-6-2-7-19-39/h2-33,36-37,53H,1H3. The molecule has 0 bridgehead atoms. The van der Waals surface area contributed by atoms with Crippen LogP contribution in [0.25, 0.3) is 43.8 Å². The summed E-state index contributed by atoms with van der Waals surface area (Å²) in [6, 6.07) is 75.8. The smallest absolute Gasteiger partial charge is 0.109 e. The average Bonchev–Trinajstić information content (AvgIpc) is 3.58. The van der Waals surface area contributed by atoms with Crippen LogP contribution >= 0.6 is 0 Å². The van der Waals surface area contributed by atoms with E-state index in [1.54, 1.807) is 0 Å². The minimum absolute atomic E-state index is 0.220. The summed E-state index contributed by atoms with van der Waals surface area (Å²) in [4.78, 5) is 0. The third-order valence-electron chi connectivity index (χ3n) is 11.5. The molecule has 55 heavy (non-hydrogen) atoms. The first kappa shape index (κ1) is 32.9. The van der Waals surface area contributed by atoms with Crippen LogP contribution in [-0.2, 0) is 0 Å². The van der Waals surface area contributed by atoms with Gasteiger partial charge in [0.2, 0.25) is 8.07 Å². The van der Waals surface area contributed by atoms with Crippen LogP contribution in [0.1, 0.15) is 33.7 Å². The Balaban J connectivity index is 1.24. The number of aryl methyl sites for hydroxylation is 1. The molecule has 1 unspecified atom stereocenters. The maximum atomic E-state index is 4.11. The molecule has 1 atom stereocenters. The van der Waals surface area contributed by atoms with Crippen molar-refractivity contribution in [3.63, 3.8) is 0 Å². The molecular weight excluding hydrogens is 677 g/mol. The molecule has 0 saturated carbocycles. The Hall–Kier alpha value is -6.72. The first-order valence-electron chi connectivity index (χ1n) is 19.1. The predicted molar refractivity (Wildman–Crippen MR) is 235 cm³/mol. The summed E-state index contributed by atoms with van der Waals surface area (Å²) >= 11 is 0. The van der Waals surface area contributed by atoms with E-state index in [0.717, 1.165) is 5.56 Å². The Labute approximate surface area is 324 Å². The Morgan fingerprint density at radius 1 is 0.418 bits per heavy atom. The molecule has 0 amide bonds. The van der Waals surface area contributed by atoms with Crippen molar-refractivity contribution in [1.82, 2.24) is 0 Å². The van der Waals surface area contributed by atoms with Gasteiger partial charge in [0.25, 0.3) is 0 Å². The SMILES string of the molecule is Cc1ccc2c(C#C[Si](c3ccccc3)(c3ccccc3)c3ccccc3)c3ccccc3c(-c3ccc4c(c3)-c3ccccc3C4c3ccccc3)c2c1. The van der Waals surface area contributed by atoms with Crippen molar-refractivity contribution in [3.05, 3.63) is 234 Å². The van der Waals surface area contributed by atoms with Gasteiger partial charge in [-0.2, -0.15) is 0 Å². The van der Waals surface area contributed by atoms with Crippen molar-refractivity contribution in [1.29, 1.82) is 0 Å². The van der Waals surface area contributed by atoms with Crippen molar-refractivity contribution >= 4 is 45.2 Å². The normalized spacial score (nSPS) is 13.2. The Morgan fingerprint density at radius 3 is 1.60 bits per heavy atom. The summed E-state index contributed by atoms with van der Waals surface area (Å²) in [7, 11) is -2.81. The lowest BCUT2D eigenvalue weighted by molar-refractivity contribution is 1.02. The Kier molecular flexibility index (Phi) is 8.13. The third-order valence-corrected chi connectivity index (χ3v) is 15.6. The topological polar surface area (TPSA) is 0 Å². The van der Waals surface area contributed by atoms with Crippen LogP contribution in [0.5, 0.6) is 0 Å². The molecule has 0 aromatic heterocycles. The molecule has 0 saturated heterocycles. The van der Waals surface area contributed by atoms with E-state index in [9.17, 15) is 0 Å². The molecule has 258 valence electrons. The molecule has 0 N–H and O–H groups in total. The monoisotopic (exact) mass is 714 g/mol. The maximum Gasteiger partial charge on any atom is 0.230 e. The van der Waals surface area contributed by atoms with E-state index >= 15 is 0 Å². The lowest BCUT2D eigenvalue weighted by atomic mass is 9.86. The minimum atomic E-state index is -2.81. The zero-order valence-corrected chi connectivity index (χ0v) is 31.7. The number of hydrogen-bond acceptors (Lipinski definition) is 0. The molecule has 1 heteroatoms. The fourth-order valence-corrected chi connectivity index (χ4v) is 12.9. The molecular formula is C54H38Si. The number of hydrogen-bond donors (Lipinski definition) is 0. The molecule has 0 radical (unpaired) electrons. The molecule has 0 spiro atoms. The van der Waals surface area contributed by atoms with E-state index in [0.29, 0.717) is 0 Å². The van der Waals surface area contributed by atoms with E-state index in [1.165, 1.54) is 81.6 Å². The van der Waals surface area contributed by atoms with Gasteiger partial charge in [0.1, 0.15) is 0 Å². The van der Waals surface area contributed by atoms with Gasteiger partial charge >= 0.3 is 0 Å². The highest BCUT2D eigenvalue weighted by molar-refractivity contribution is 7.16. The summed E-state index contributed by atoms with van der Waals surface area (Å²) in [5.41, 5.74) is 15.6. The summed E-state index contributed by atoms with van der Waals surface area (Å²) < 4.78 is 0. The van der Waals surface area contributed by atoms with E-state index in [4.69, 9.17) is 0 Å².